The Kier molecular flexibility index (Phi) is 6.32. The van der Waals surface area contributed by atoms with Gasteiger partial charge in [-0.05, 0) is 35.9 Å². The quantitative estimate of drug-likeness (QED) is 0.722. The topological polar surface area (TPSA) is 92.3 Å². The van der Waals surface area contributed by atoms with Gasteiger partial charge in [0.2, 0.25) is 11.8 Å². The number of fused-ring (bicyclic) bond motifs is 1. The molecule has 28 heavy (non-hydrogen) atoms. The van der Waals surface area contributed by atoms with Crippen molar-refractivity contribution >= 4 is 50.7 Å². The summed E-state index contributed by atoms with van der Waals surface area (Å²) in [6.07, 6.45) is 0. The van der Waals surface area contributed by atoms with E-state index in [0.29, 0.717) is 23.0 Å². The standard InChI is InChI=1S/C19H19ClN2O4S2/c1-12(19(24)21-9-13-2-4-14(20)5-3-13)11-28(25,26)15-6-7-17-16(8-15)22-18(23)10-27-17/h2-8,12H,9-11H2,1H3,(H,21,24)(H,22,23)/t12-/m0/s1. The normalized spacial score (nSPS) is 14.7. The maximum absolute atomic E-state index is 12.7. The van der Waals surface area contributed by atoms with Gasteiger partial charge in [0, 0.05) is 22.4 Å². The van der Waals surface area contributed by atoms with Gasteiger partial charge >= 0.3 is 0 Å². The summed E-state index contributed by atoms with van der Waals surface area (Å²) >= 11 is 7.19. The van der Waals surface area contributed by atoms with Crippen LogP contribution in [-0.4, -0.2) is 31.7 Å². The van der Waals surface area contributed by atoms with E-state index in [-0.39, 0.29) is 22.5 Å². The van der Waals surface area contributed by atoms with Crippen molar-refractivity contribution in [1.82, 2.24) is 5.32 Å². The van der Waals surface area contributed by atoms with Gasteiger partial charge in [-0.25, -0.2) is 8.42 Å². The predicted molar refractivity (Wildman–Crippen MR) is 110 cm³/mol. The molecule has 2 aromatic carbocycles. The molecule has 3 rings (SSSR count). The molecule has 9 heteroatoms. The van der Waals surface area contributed by atoms with Gasteiger partial charge in [-0.2, -0.15) is 0 Å². The number of thioether (sulfide) groups is 1. The number of benzene rings is 2. The van der Waals surface area contributed by atoms with Crippen LogP contribution in [0, 0.1) is 5.92 Å². The Balaban J connectivity index is 1.64. The molecule has 6 nitrogen and oxygen atoms in total. The number of carbonyl (C=O) groups excluding carboxylic acids is 2. The molecule has 1 aliphatic heterocycles. The fourth-order valence-corrected chi connectivity index (χ4v) is 5.21. The lowest BCUT2D eigenvalue weighted by atomic mass is 10.2. The average molecular weight is 439 g/mol. The van der Waals surface area contributed by atoms with E-state index in [9.17, 15) is 18.0 Å². The molecular formula is C19H19ClN2O4S2. The number of carbonyl (C=O) groups is 2. The summed E-state index contributed by atoms with van der Waals surface area (Å²) < 4.78 is 25.4. The number of rotatable bonds is 6. The smallest absolute Gasteiger partial charge is 0.234 e. The molecule has 2 aromatic rings. The van der Waals surface area contributed by atoms with E-state index < -0.39 is 15.8 Å². The van der Waals surface area contributed by atoms with Gasteiger partial charge in [-0.15, -0.1) is 11.8 Å². The molecule has 0 aromatic heterocycles. The molecule has 0 bridgehead atoms. The van der Waals surface area contributed by atoms with Crippen LogP contribution >= 0.6 is 23.4 Å². The van der Waals surface area contributed by atoms with Gasteiger partial charge in [-0.3, -0.25) is 9.59 Å². The number of hydrogen-bond donors (Lipinski definition) is 2. The maximum Gasteiger partial charge on any atom is 0.234 e. The van der Waals surface area contributed by atoms with Crippen LogP contribution in [0.25, 0.3) is 0 Å². The number of sulfone groups is 1. The summed E-state index contributed by atoms with van der Waals surface area (Å²) in [5, 5.41) is 6.02. The van der Waals surface area contributed by atoms with Crippen LogP contribution in [0.4, 0.5) is 5.69 Å². The third-order valence-corrected chi connectivity index (χ3v) is 7.48. The van der Waals surface area contributed by atoms with Gasteiger partial charge < -0.3 is 10.6 Å². The van der Waals surface area contributed by atoms with Gasteiger partial charge in [0.05, 0.1) is 22.1 Å². The highest BCUT2D eigenvalue weighted by Gasteiger charge is 2.25. The van der Waals surface area contributed by atoms with Crippen molar-refractivity contribution in [2.75, 3.05) is 16.8 Å². The van der Waals surface area contributed by atoms with E-state index in [4.69, 9.17) is 11.6 Å². The molecule has 0 unspecified atom stereocenters. The molecule has 1 atom stereocenters. The lowest BCUT2D eigenvalue weighted by molar-refractivity contribution is -0.124. The Morgan fingerprint density at radius 2 is 1.96 bits per heavy atom. The third-order valence-electron chi connectivity index (χ3n) is 4.24. The highest BCUT2D eigenvalue weighted by atomic mass is 35.5. The first-order valence-electron chi connectivity index (χ1n) is 8.56. The number of hydrogen-bond acceptors (Lipinski definition) is 5. The lowest BCUT2D eigenvalue weighted by Gasteiger charge is -2.18. The molecular weight excluding hydrogens is 420 g/mol. The van der Waals surface area contributed by atoms with E-state index in [1.165, 1.54) is 23.9 Å². The number of amides is 2. The van der Waals surface area contributed by atoms with Crippen molar-refractivity contribution in [3.05, 3.63) is 53.1 Å². The van der Waals surface area contributed by atoms with Crippen LogP contribution in [0.1, 0.15) is 12.5 Å². The predicted octanol–water partition coefficient (Wildman–Crippen LogP) is 3.11. The van der Waals surface area contributed by atoms with Gasteiger partial charge in [0.15, 0.2) is 9.84 Å². The van der Waals surface area contributed by atoms with Crippen molar-refractivity contribution in [3.8, 4) is 0 Å². The van der Waals surface area contributed by atoms with Crippen molar-refractivity contribution in [3.63, 3.8) is 0 Å². The van der Waals surface area contributed by atoms with Crippen LogP contribution < -0.4 is 10.6 Å². The maximum atomic E-state index is 12.7. The summed E-state index contributed by atoms with van der Waals surface area (Å²) in [6, 6.07) is 11.7. The SMILES string of the molecule is C[C@@H](CS(=O)(=O)c1ccc2c(c1)NC(=O)CS2)C(=O)NCc1ccc(Cl)cc1. The highest BCUT2D eigenvalue weighted by Crippen LogP contribution is 2.33. The van der Waals surface area contributed by atoms with Crippen LogP contribution in [0.5, 0.6) is 0 Å². The number of halogens is 1. The van der Waals surface area contributed by atoms with E-state index in [2.05, 4.69) is 10.6 Å². The minimum atomic E-state index is -3.68. The molecule has 2 N–H and O–H groups in total. The second-order valence-corrected chi connectivity index (χ2v) is 10.0. The van der Waals surface area contributed by atoms with Gasteiger partial charge in [-0.1, -0.05) is 30.7 Å². The molecule has 1 aliphatic rings. The molecule has 2 amide bonds. The fraction of sp³-hybridized carbons (Fsp3) is 0.263. The Hall–Kier alpha value is -2.03. The molecule has 1 heterocycles. The summed E-state index contributed by atoms with van der Waals surface area (Å²) in [7, 11) is -3.68. The van der Waals surface area contributed by atoms with E-state index in [1.54, 1.807) is 37.3 Å². The van der Waals surface area contributed by atoms with Crippen LogP contribution in [0.15, 0.2) is 52.3 Å². The van der Waals surface area contributed by atoms with Crippen molar-refractivity contribution < 1.29 is 18.0 Å². The minimum Gasteiger partial charge on any atom is -0.352 e. The van der Waals surface area contributed by atoms with Crippen molar-refractivity contribution in [2.24, 2.45) is 5.92 Å². The van der Waals surface area contributed by atoms with Crippen LogP contribution in [0.2, 0.25) is 5.02 Å². The molecule has 0 radical (unpaired) electrons. The summed E-state index contributed by atoms with van der Waals surface area (Å²) in [6.45, 7) is 1.87. The second kappa shape index (κ2) is 8.55. The Morgan fingerprint density at radius 1 is 1.25 bits per heavy atom. The zero-order valence-electron chi connectivity index (χ0n) is 15.1. The van der Waals surface area contributed by atoms with Crippen molar-refractivity contribution in [2.45, 2.75) is 23.3 Å². The first kappa shape index (κ1) is 20.7. The van der Waals surface area contributed by atoms with Gasteiger partial charge in [0.1, 0.15) is 0 Å². The molecule has 0 saturated heterocycles. The largest absolute Gasteiger partial charge is 0.352 e. The Bertz CT molecular complexity index is 1010. The molecule has 148 valence electrons. The third kappa shape index (κ3) is 5.06. The van der Waals surface area contributed by atoms with E-state index in [1.807, 2.05) is 0 Å². The summed E-state index contributed by atoms with van der Waals surface area (Å²) in [4.78, 5) is 24.7. The zero-order chi connectivity index (χ0) is 20.3. The summed E-state index contributed by atoms with van der Waals surface area (Å²) in [5.41, 5.74) is 1.36. The van der Waals surface area contributed by atoms with Gasteiger partial charge in [0.25, 0.3) is 0 Å². The molecule has 0 saturated carbocycles. The van der Waals surface area contributed by atoms with Crippen molar-refractivity contribution in [1.29, 1.82) is 0 Å². The average Bonchev–Trinajstić information content (AvgIpc) is 2.66. The monoisotopic (exact) mass is 438 g/mol. The first-order valence-corrected chi connectivity index (χ1v) is 11.6. The molecule has 0 spiro atoms. The fourth-order valence-electron chi connectivity index (χ4n) is 2.72. The minimum absolute atomic E-state index is 0.0893. The number of nitrogens with one attached hydrogen (secondary N) is 2. The summed E-state index contributed by atoms with van der Waals surface area (Å²) in [5.74, 6) is -1.25. The lowest BCUT2D eigenvalue weighted by Crippen LogP contribution is -2.32. The second-order valence-electron chi connectivity index (χ2n) is 6.52. The Morgan fingerprint density at radius 3 is 2.68 bits per heavy atom. The molecule has 0 fully saturated rings. The van der Waals surface area contributed by atoms with Crippen LogP contribution in [-0.2, 0) is 26.0 Å². The van der Waals surface area contributed by atoms with E-state index in [0.717, 1.165) is 10.5 Å². The zero-order valence-corrected chi connectivity index (χ0v) is 17.5. The van der Waals surface area contributed by atoms with E-state index >= 15 is 0 Å². The first-order chi connectivity index (χ1) is 13.2. The highest BCUT2D eigenvalue weighted by molar-refractivity contribution is 8.00. The van der Waals surface area contributed by atoms with Crippen LogP contribution in [0.3, 0.4) is 0 Å². The Labute approximate surface area is 173 Å². The number of anilines is 1. The molecule has 0 aliphatic carbocycles.